The molecular weight excluding hydrogens is 407 g/mol. The largest absolute Gasteiger partial charge is 0.489 e. The van der Waals surface area contributed by atoms with Crippen LogP contribution in [-0.2, 0) is 24.0 Å². The Balaban J connectivity index is 1.68. The first-order valence-corrected chi connectivity index (χ1v) is 9.72. The van der Waals surface area contributed by atoms with E-state index in [0.29, 0.717) is 30.0 Å². The van der Waals surface area contributed by atoms with Gasteiger partial charge in [0.1, 0.15) is 12.4 Å². The Morgan fingerprint density at radius 1 is 1.03 bits per heavy atom. The highest BCUT2D eigenvalue weighted by atomic mass is 19.4. The minimum atomic E-state index is -4.37. The minimum Gasteiger partial charge on any atom is -0.489 e. The van der Waals surface area contributed by atoms with E-state index in [-0.39, 0.29) is 6.42 Å². The number of halogens is 3. The lowest BCUT2D eigenvalue weighted by molar-refractivity contribution is -0.138. The van der Waals surface area contributed by atoms with Crippen LogP contribution in [0, 0.1) is 13.8 Å². The summed E-state index contributed by atoms with van der Waals surface area (Å²) in [7, 11) is 0. The average Bonchev–Trinajstić information content (AvgIpc) is 2.71. The maximum absolute atomic E-state index is 12.7. The normalized spacial score (nSPS) is 11.4. The molecule has 3 rings (SSSR count). The van der Waals surface area contributed by atoms with Crippen LogP contribution in [0.1, 0.15) is 34.4 Å². The van der Waals surface area contributed by atoms with Crippen molar-refractivity contribution in [3.05, 3.63) is 82.5 Å². The fraction of sp³-hybridized carbons (Fsp3) is 0.250. The number of hydrogen-bond acceptors (Lipinski definition) is 3. The Morgan fingerprint density at radius 3 is 2.32 bits per heavy atom. The van der Waals surface area contributed by atoms with Crippen LogP contribution in [0.2, 0.25) is 0 Å². The van der Waals surface area contributed by atoms with Crippen molar-refractivity contribution in [2.75, 3.05) is 0 Å². The third-order valence-electron chi connectivity index (χ3n) is 4.95. The number of nitrogens with zero attached hydrogens (tertiary/aromatic N) is 1. The molecule has 0 amide bonds. The summed E-state index contributed by atoms with van der Waals surface area (Å²) >= 11 is 0. The number of aryl methyl sites for hydroxylation is 3. The zero-order valence-electron chi connectivity index (χ0n) is 17.2. The van der Waals surface area contributed by atoms with E-state index in [2.05, 4.69) is 4.98 Å². The fourth-order valence-electron chi connectivity index (χ4n) is 3.17. The summed E-state index contributed by atoms with van der Waals surface area (Å²) in [5.41, 5.74) is 3.95. The molecule has 0 atom stereocenters. The van der Waals surface area contributed by atoms with Gasteiger partial charge in [-0.05, 0) is 55.7 Å². The van der Waals surface area contributed by atoms with Gasteiger partial charge in [-0.15, -0.1) is 0 Å². The number of aromatic nitrogens is 1. The molecule has 0 unspecified atom stereocenters. The highest BCUT2D eigenvalue weighted by Crippen LogP contribution is 2.31. The Kier molecular flexibility index (Phi) is 6.63. The molecule has 3 aromatic rings. The molecule has 1 N–H and O–H groups in total. The van der Waals surface area contributed by atoms with Gasteiger partial charge in [-0.2, -0.15) is 13.2 Å². The van der Waals surface area contributed by atoms with Gasteiger partial charge in [0.15, 0.2) is 0 Å². The molecule has 1 aromatic heterocycles. The molecule has 0 saturated heterocycles. The van der Waals surface area contributed by atoms with Crippen LogP contribution >= 0.6 is 0 Å². The molecule has 0 bridgehead atoms. The molecule has 0 saturated carbocycles. The number of pyridine rings is 1. The lowest BCUT2D eigenvalue weighted by Gasteiger charge is -2.13. The van der Waals surface area contributed by atoms with E-state index in [1.54, 1.807) is 6.07 Å². The molecule has 31 heavy (non-hydrogen) atoms. The third kappa shape index (κ3) is 5.84. The van der Waals surface area contributed by atoms with Crippen molar-refractivity contribution in [2.45, 2.75) is 39.5 Å². The van der Waals surface area contributed by atoms with Crippen LogP contribution in [0.15, 0.2) is 54.6 Å². The molecule has 0 radical (unpaired) electrons. The predicted molar refractivity (Wildman–Crippen MR) is 111 cm³/mol. The molecule has 0 fully saturated rings. The second kappa shape index (κ2) is 9.20. The predicted octanol–water partition coefficient (Wildman–Crippen LogP) is 5.98. The topological polar surface area (TPSA) is 59.4 Å². The molecule has 4 nitrogen and oxygen atoms in total. The second-order valence-electron chi connectivity index (χ2n) is 7.30. The fourth-order valence-corrected chi connectivity index (χ4v) is 3.17. The number of hydrogen-bond donors (Lipinski definition) is 1. The minimum absolute atomic E-state index is 0.0792. The standard InChI is InChI=1S/C24H22F3NO3/c1-15-13-17(4-12-23(29)30)3-11-22(15)31-14-19-7-10-21(28-16(19)2)18-5-8-20(9-6-18)24(25,26)27/h3,5-11,13H,4,12,14H2,1-2H3,(H,29,30). The van der Waals surface area contributed by atoms with Gasteiger partial charge in [0.05, 0.1) is 11.3 Å². The van der Waals surface area contributed by atoms with E-state index in [1.165, 1.54) is 12.1 Å². The van der Waals surface area contributed by atoms with Crippen LogP contribution < -0.4 is 4.74 Å². The van der Waals surface area contributed by atoms with Crippen LogP contribution in [0.4, 0.5) is 13.2 Å². The average molecular weight is 429 g/mol. The van der Waals surface area contributed by atoms with Gasteiger partial charge >= 0.3 is 12.1 Å². The molecule has 0 spiro atoms. The van der Waals surface area contributed by atoms with E-state index < -0.39 is 17.7 Å². The summed E-state index contributed by atoms with van der Waals surface area (Å²) in [5.74, 6) is -0.133. The number of carboxylic acid groups (broad SMARTS) is 1. The number of alkyl halides is 3. The maximum Gasteiger partial charge on any atom is 0.416 e. The van der Waals surface area contributed by atoms with Crippen molar-refractivity contribution >= 4 is 5.97 Å². The van der Waals surface area contributed by atoms with Crippen LogP contribution in [0.25, 0.3) is 11.3 Å². The van der Waals surface area contributed by atoms with Crippen LogP contribution in [0.3, 0.4) is 0 Å². The molecule has 162 valence electrons. The zero-order valence-corrected chi connectivity index (χ0v) is 17.2. The smallest absolute Gasteiger partial charge is 0.416 e. The van der Waals surface area contributed by atoms with E-state index in [0.717, 1.165) is 34.5 Å². The van der Waals surface area contributed by atoms with Crippen molar-refractivity contribution in [3.8, 4) is 17.0 Å². The molecule has 1 heterocycles. The van der Waals surface area contributed by atoms with Crippen LogP contribution in [0.5, 0.6) is 5.75 Å². The third-order valence-corrected chi connectivity index (χ3v) is 4.95. The number of aliphatic carboxylic acids is 1. The first-order chi connectivity index (χ1) is 14.6. The number of carbonyl (C=O) groups is 1. The SMILES string of the molecule is Cc1cc(CCC(=O)O)ccc1OCc1ccc(-c2ccc(C(F)(F)F)cc2)nc1C. The van der Waals surface area contributed by atoms with Gasteiger partial charge in [0, 0.05) is 23.2 Å². The van der Waals surface area contributed by atoms with Gasteiger partial charge in [-0.3, -0.25) is 9.78 Å². The van der Waals surface area contributed by atoms with Crippen LogP contribution in [-0.4, -0.2) is 16.1 Å². The van der Waals surface area contributed by atoms with Gasteiger partial charge in [0.2, 0.25) is 0 Å². The Hall–Kier alpha value is -3.35. The summed E-state index contributed by atoms with van der Waals surface area (Å²) in [4.78, 5) is 15.2. The highest BCUT2D eigenvalue weighted by Gasteiger charge is 2.30. The lowest BCUT2D eigenvalue weighted by Crippen LogP contribution is -2.04. The van der Waals surface area contributed by atoms with Gasteiger partial charge in [0.25, 0.3) is 0 Å². The van der Waals surface area contributed by atoms with Crippen molar-refractivity contribution in [1.29, 1.82) is 0 Å². The van der Waals surface area contributed by atoms with Gasteiger partial charge < -0.3 is 9.84 Å². The molecule has 2 aromatic carbocycles. The molecule has 0 aliphatic rings. The first kappa shape index (κ1) is 22.3. The summed E-state index contributed by atoms with van der Waals surface area (Å²) in [6, 6.07) is 14.1. The number of rotatable bonds is 7. The lowest BCUT2D eigenvalue weighted by atomic mass is 10.1. The second-order valence-corrected chi connectivity index (χ2v) is 7.30. The first-order valence-electron chi connectivity index (χ1n) is 9.72. The molecule has 0 aliphatic carbocycles. The van der Waals surface area contributed by atoms with E-state index in [9.17, 15) is 18.0 Å². The van der Waals surface area contributed by atoms with E-state index in [1.807, 2.05) is 38.1 Å². The monoisotopic (exact) mass is 429 g/mol. The maximum atomic E-state index is 12.7. The zero-order chi connectivity index (χ0) is 22.6. The van der Waals surface area contributed by atoms with E-state index in [4.69, 9.17) is 9.84 Å². The van der Waals surface area contributed by atoms with Crippen molar-refractivity contribution in [3.63, 3.8) is 0 Å². The Morgan fingerprint density at radius 2 is 1.74 bits per heavy atom. The van der Waals surface area contributed by atoms with E-state index >= 15 is 0 Å². The summed E-state index contributed by atoms with van der Waals surface area (Å²) in [6.07, 6.45) is -3.82. The summed E-state index contributed by atoms with van der Waals surface area (Å²) in [6.45, 7) is 4.02. The molecular formula is C24H22F3NO3. The number of carboxylic acids is 1. The Bertz CT molecular complexity index is 1080. The summed E-state index contributed by atoms with van der Waals surface area (Å²) in [5, 5.41) is 8.80. The Labute approximate surface area is 178 Å². The number of ether oxygens (including phenoxy) is 1. The quantitative estimate of drug-likeness (QED) is 0.502. The van der Waals surface area contributed by atoms with Crippen molar-refractivity contribution < 1.29 is 27.8 Å². The van der Waals surface area contributed by atoms with Gasteiger partial charge in [-0.25, -0.2) is 0 Å². The highest BCUT2D eigenvalue weighted by molar-refractivity contribution is 5.67. The summed E-state index contributed by atoms with van der Waals surface area (Å²) < 4.78 is 44.1. The van der Waals surface area contributed by atoms with Crippen molar-refractivity contribution in [1.82, 2.24) is 4.98 Å². The molecule has 7 heteroatoms. The molecule has 0 aliphatic heterocycles. The number of benzene rings is 2. The van der Waals surface area contributed by atoms with Gasteiger partial charge in [-0.1, -0.05) is 30.3 Å². The van der Waals surface area contributed by atoms with Crippen molar-refractivity contribution in [2.24, 2.45) is 0 Å².